The summed E-state index contributed by atoms with van der Waals surface area (Å²) in [6.07, 6.45) is 8.36. The second kappa shape index (κ2) is 4.37. The Hall–Kier alpha value is -1.96. The Kier molecular flexibility index (Phi) is 3.04. The summed E-state index contributed by atoms with van der Waals surface area (Å²) in [6, 6.07) is 0. The average molecular weight is 239 g/mol. The van der Waals surface area contributed by atoms with Crippen molar-refractivity contribution in [2.24, 2.45) is 0 Å². The van der Waals surface area contributed by atoms with Crippen LogP contribution >= 0.6 is 0 Å². The van der Waals surface area contributed by atoms with Crippen LogP contribution in [-0.2, 0) is 0 Å². The molecule has 0 aromatic heterocycles. The van der Waals surface area contributed by atoms with Crippen LogP contribution in [0.25, 0.3) is 0 Å². The second-order valence-corrected chi connectivity index (χ2v) is 5.01. The van der Waals surface area contributed by atoms with Crippen LogP contribution in [0.5, 0.6) is 0 Å². The van der Waals surface area contributed by atoms with Gasteiger partial charge >= 0.3 is 0 Å². The number of hydrogen-bond donors (Lipinski definition) is 2. The first-order valence-corrected chi connectivity index (χ1v) is 6.10. The zero-order chi connectivity index (χ0) is 13.4. The zero-order valence-electron chi connectivity index (χ0n) is 11.4. The van der Waals surface area contributed by atoms with E-state index in [1.165, 1.54) is 5.57 Å². The Bertz CT molecular complexity index is 503. The zero-order valence-corrected chi connectivity index (χ0v) is 11.4. The van der Waals surface area contributed by atoms with Gasteiger partial charge in [-0.05, 0) is 74.3 Å². The lowest BCUT2D eigenvalue weighted by Gasteiger charge is -2.16. The van der Waals surface area contributed by atoms with E-state index >= 15 is 0 Å². The van der Waals surface area contributed by atoms with Gasteiger partial charge in [-0.25, -0.2) is 0 Å². The molecule has 0 aliphatic heterocycles. The summed E-state index contributed by atoms with van der Waals surface area (Å²) in [4.78, 5) is 0. The molecule has 2 aliphatic carbocycles. The highest BCUT2D eigenvalue weighted by Gasteiger charge is 2.17. The maximum Gasteiger partial charge on any atom is 0.202 e. The van der Waals surface area contributed by atoms with E-state index in [1.54, 1.807) is 0 Å². The molecule has 0 amide bonds. The Morgan fingerprint density at radius 1 is 0.722 bits per heavy atom. The van der Waals surface area contributed by atoms with Crippen LogP contribution in [0.1, 0.15) is 27.7 Å². The van der Waals surface area contributed by atoms with E-state index in [0.717, 1.165) is 33.6 Å². The van der Waals surface area contributed by atoms with Crippen LogP contribution < -0.4 is 5.41 Å². The summed E-state index contributed by atoms with van der Waals surface area (Å²) in [5.41, 5.74) is 8.06. The Balaban J connectivity index is 2.58. The molecule has 18 heavy (non-hydrogen) atoms. The molecule has 0 aromatic carbocycles. The van der Waals surface area contributed by atoms with E-state index in [-0.39, 0.29) is 0 Å². The Morgan fingerprint density at radius 2 is 1.06 bits per heavy atom. The van der Waals surface area contributed by atoms with Gasteiger partial charge in [0.1, 0.15) is 0 Å². The van der Waals surface area contributed by atoms with E-state index in [9.17, 15) is 0 Å². The third kappa shape index (κ3) is 2.06. The minimum absolute atomic E-state index is 0.627. The lowest BCUT2D eigenvalue weighted by atomic mass is 9.88. The third-order valence-corrected chi connectivity index (χ3v) is 3.46. The minimum Gasteiger partial charge on any atom is -0.300 e. The highest BCUT2D eigenvalue weighted by atomic mass is 14.4. The van der Waals surface area contributed by atoms with Crippen molar-refractivity contribution in [3.63, 3.8) is 0 Å². The van der Waals surface area contributed by atoms with Crippen LogP contribution in [0.3, 0.4) is 0 Å². The molecule has 0 saturated carbocycles. The lowest BCUT2D eigenvalue weighted by Crippen LogP contribution is -2.41. The smallest absolute Gasteiger partial charge is 0.202 e. The number of nitrogens with one attached hydrogen (secondary N) is 1. The fourth-order valence-electron chi connectivity index (χ4n) is 2.27. The fraction of sp³-hybridized carbons (Fsp3) is 0.250. The highest BCUT2D eigenvalue weighted by molar-refractivity contribution is 6.12. The fourth-order valence-corrected chi connectivity index (χ4v) is 2.27. The van der Waals surface area contributed by atoms with Crippen LogP contribution in [-0.4, -0.2) is 11.4 Å². The predicted molar refractivity (Wildman–Crippen MR) is 76.7 cm³/mol. The Labute approximate surface area is 108 Å². The van der Waals surface area contributed by atoms with E-state index in [1.807, 2.05) is 27.7 Å². The van der Waals surface area contributed by atoms with Crippen molar-refractivity contribution in [3.8, 4) is 0 Å². The molecule has 0 radical (unpaired) electrons. The second-order valence-electron chi connectivity index (χ2n) is 5.01. The maximum absolute atomic E-state index is 7.90. The van der Waals surface area contributed by atoms with Gasteiger partial charge in [0.15, 0.2) is 0 Å². The SMILES string of the molecule is CC1=CC(=C2C=C(C)C(=[NH2+])C(C)=C2)C=C(C)C1=N. The van der Waals surface area contributed by atoms with Crippen molar-refractivity contribution in [3.05, 3.63) is 57.7 Å². The van der Waals surface area contributed by atoms with Crippen molar-refractivity contribution in [1.82, 2.24) is 0 Å². The quantitative estimate of drug-likeness (QED) is 0.652. The van der Waals surface area contributed by atoms with Gasteiger partial charge < -0.3 is 5.41 Å². The Morgan fingerprint density at radius 3 is 1.44 bits per heavy atom. The predicted octanol–water partition coefficient (Wildman–Crippen LogP) is 2.32. The van der Waals surface area contributed by atoms with Gasteiger partial charge in [0.05, 0.1) is 5.71 Å². The molecule has 0 aromatic rings. The molecule has 3 N–H and O–H groups in total. The molecule has 92 valence electrons. The van der Waals surface area contributed by atoms with Crippen molar-refractivity contribution in [2.75, 3.05) is 0 Å². The molecule has 0 unspecified atom stereocenters. The van der Waals surface area contributed by atoms with E-state index in [0.29, 0.717) is 5.71 Å². The van der Waals surface area contributed by atoms with Crippen molar-refractivity contribution >= 4 is 11.4 Å². The first-order valence-electron chi connectivity index (χ1n) is 6.10. The normalized spacial score (nSPS) is 20.4. The summed E-state index contributed by atoms with van der Waals surface area (Å²) in [6.45, 7) is 8.03. The minimum atomic E-state index is 0.627. The number of allylic oxidation sites excluding steroid dienone is 10. The highest BCUT2D eigenvalue weighted by Crippen LogP contribution is 2.26. The van der Waals surface area contributed by atoms with Gasteiger partial charge in [0, 0.05) is 11.1 Å². The molecule has 2 aliphatic rings. The molecule has 2 nitrogen and oxygen atoms in total. The van der Waals surface area contributed by atoms with Gasteiger partial charge in [-0.15, -0.1) is 0 Å². The van der Waals surface area contributed by atoms with Gasteiger partial charge in [0.25, 0.3) is 0 Å². The largest absolute Gasteiger partial charge is 0.300 e. The van der Waals surface area contributed by atoms with Gasteiger partial charge in [-0.3, -0.25) is 5.41 Å². The standard InChI is InChI=1S/C16H18N2/c1-9-5-13(6-10(2)15(9)17)14-7-11(3)16(18)12(4)8-14/h5-8,17-18H,1-4H3/p+1. The molecular formula is C16H19N2+. The topological polar surface area (TPSA) is 49.4 Å². The molecular weight excluding hydrogens is 220 g/mol. The van der Waals surface area contributed by atoms with Crippen molar-refractivity contribution < 1.29 is 5.41 Å². The maximum atomic E-state index is 7.90. The van der Waals surface area contributed by atoms with Gasteiger partial charge in [0.2, 0.25) is 5.71 Å². The molecule has 0 fully saturated rings. The van der Waals surface area contributed by atoms with Crippen LogP contribution in [0.4, 0.5) is 0 Å². The van der Waals surface area contributed by atoms with Crippen LogP contribution in [0, 0.1) is 5.41 Å². The molecule has 2 rings (SSSR count). The van der Waals surface area contributed by atoms with Gasteiger partial charge in [-0.2, -0.15) is 0 Å². The molecule has 2 heteroatoms. The average Bonchev–Trinajstić information content (AvgIpc) is 2.31. The molecule has 0 saturated heterocycles. The first kappa shape index (κ1) is 12.5. The first-order chi connectivity index (χ1) is 8.40. The van der Waals surface area contributed by atoms with E-state index < -0.39 is 0 Å². The molecule has 0 heterocycles. The monoisotopic (exact) mass is 239 g/mol. The summed E-state index contributed by atoms with van der Waals surface area (Å²) in [5.74, 6) is 0. The summed E-state index contributed by atoms with van der Waals surface area (Å²) < 4.78 is 0. The molecule has 0 spiro atoms. The molecule has 0 bridgehead atoms. The van der Waals surface area contributed by atoms with E-state index in [2.05, 4.69) is 24.3 Å². The van der Waals surface area contributed by atoms with Gasteiger partial charge in [-0.1, -0.05) is 0 Å². The summed E-state index contributed by atoms with van der Waals surface area (Å²) in [5, 5.41) is 13.9. The molecule has 0 atom stereocenters. The van der Waals surface area contributed by atoms with Crippen LogP contribution in [0.15, 0.2) is 57.7 Å². The third-order valence-electron chi connectivity index (χ3n) is 3.46. The summed E-state index contributed by atoms with van der Waals surface area (Å²) in [7, 11) is 0. The van der Waals surface area contributed by atoms with E-state index in [4.69, 9.17) is 10.8 Å². The number of nitrogens with two attached hydrogens (primary N) is 1. The number of rotatable bonds is 0. The van der Waals surface area contributed by atoms with Crippen LogP contribution in [0.2, 0.25) is 0 Å². The lowest BCUT2D eigenvalue weighted by molar-refractivity contribution is -0.112. The number of hydrogen-bond acceptors (Lipinski definition) is 1. The summed E-state index contributed by atoms with van der Waals surface area (Å²) >= 11 is 0. The van der Waals surface area contributed by atoms with Crippen molar-refractivity contribution in [2.45, 2.75) is 27.7 Å². The van der Waals surface area contributed by atoms with Crippen molar-refractivity contribution in [1.29, 1.82) is 5.41 Å².